The first-order valence-corrected chi connectivity index (χ1v) is 7.76. The molecule has 24 heavy (non-hydrogen) atoms. The smallest absolute Gasteiger partial charge is 0.215 e. The molecule has 0 aromatic heterocycles. The minimum atomic E-state index is -0.0642. The third-order valence-electron chi connectivity index (χ3n) is 4.17. The van der Waals surface area contributed by atoms with Crippen LogP contribution in [0, 0.1) is 12.3 Å². The van der Waals surface area contributed by atoms with Gasteiger partial charge in [-0.25, -0.2) is 9.98 Å². The number of guanidine groups is 1. The number of methoxy groups -OCH3 is 1. The first-order valence-electron chi connectivity index (χ1n) is 7.76. The topological polar surface area (TPSA) is 60.0 Å². The van der Waals surface area contributed by atoms with Crippen molar-refractivity contribution in [3.8, 4) is 18.1 Å². The molecule has 2 aromatic carbocycles. The molecule has 3 rings (SSSR count). The maximum Gasteiger partial charge on any atom is 0.215 e. The number of benzene rings is 2. The summed E-state index contributed by atoms with van der Waals surface area (Å²) >= 11 is 0. The molecule has 1 aliphatic rings. The summed E-state index contributed by atoms with van der Waals surface area (Å²) in [4.78, 5) is 8.56. The lowest BCUT2D eigenvalue weighted by molar-refractivity contribution is 0.414. The van der Waals surface area contributed by atoms with Crippen LogP contribution in [-0.2, 0) is 6.42 Å². The van der Waals surface area contributed by atoms with Crippen molar-refractivity contribution in [1.82, 2.24) is 0 Å². The van der Waals surface area contributed by atoms with Crippen molar-refractivity contribution in [2.45, 2.75) is 18.4 Å². The fourth-order valence-electron chi connectivity index (χ4n) is 2.84. The first kappa shape index (κ1) is 15.8. The van der Waals surface area contributed by atoms with Gasteiger partial charge >= 0.3 is 0 Å². The van der Waals surface area contributed by atoms with Crippen LogP contribution in [0.15, 0.2) is 58.5 Å². The van der Waals surface area contributed by atoms with Crippen molar-refractivity contribution < 1.29 is 4.74 Å². The predicted octanol–water partition coefficient (Wildman–Crippen LogP) is 2.77. The van der Waals surface area contributed by atoms with Gasteiger partial charge in [-0.1, -0.05) is 30.2 Å². The van der Waals surface area contributed by atoms with E-state index in [0.717, 1.165) is 17.7 Å². The lowest BCUT2D eigenvalue weighted by atomic mass is 9.86. The molecule has 0 fully saturated rings. The highest BCUT2D eigenvalue weighted by atomic mass is 16.5. The van der Waals surface area contributed by atoms with E-state index in [1.807, 2.05) is 30.5 Å². The van der Waals surface area contributed by atoms with Gasteiger partial charge in [-0.2, -0.15) is 0 Å². The Morgan fingerprint density at radius 1 is 1.17 bits per heavy atom. The molecular formula is C20H19N3O. The molecule has 2 N–H and O–H groups in total. The van der Waals surface area contributed by atoms with Gasteiger partial charge < -0.3 is 10.5 Å². The van der Waals surface area contributed by atoms with Crippen LogP contribution in [0.5, 0.6) is 5.75 Å². The lowest BCUT2D eigenvalue weighted by Gasteiger charge is -2.20. The minimum absolute atomic E-state index is 0.0642. The number of ether oxygens (including phenoxy) is 1. The Hall–Kier alpha value is -3.06. The Morgan fingerprint density at radius 3 is 2.42 bits per heavy atom. The lowest BCUT2D eigenvalue weighted by Crippen LogP contribution is -2.19. The summed E-state index contributed by atoms with van der Waals surface area (Å²) in [7, 11) is 1.66. The third-order valence-corrected chi connectivity index (χ3v) is 4.17. The van der Waals surface area contributed by atoms with E-state index in [0.29, 0.717) is 5.96 Å². The molecule has 0 amide bonds. The summed E-state index contributed by atoms with van der Waals surface area (Å²) in [5.41, 5.74) is 8.98. The molecule has 2 atom stereocenters. The van der Waals surface area contributed by atoms with Gasteiger partial charge in [-0.3, -0.25) is 0 Å². The number of aliphatic imine (C=N–C) groups is 2. The summed E-state index contributed by atoms with van der Waals surface area (Å²) in [6, 6.07) is 16.0. The van der Waals surface area contributed by atoms with Crippen LogP contribution >= 0.6 is 0 Å². The number of terminal acetylenes is 1. The van der Waals surface area contributed by atoms with Gasteiger partial charge in [-0.15, -0.1) is 6.42 Å². The summed E-state index contributed by atoms with van der Waals surface area (Å²) in [5, 5.41) is 0. The molecule has 2 aromatic rings. The summed E-state index contributed by atoms with van der Waals surface area (Å²) in [6.45, 7) is 0. The van der Waals surface area contributed by atoms with E-state index < -0.39 is 0 Å². The van der Waals surface area contributed by atoms with Gasteiger partial charge in [0, 0.05) is 17.7 Å². The van der Waals surface area contributed by atoms with Gasteiger partial charge in [0.25, 0.3) is 0 Å². The molecule has 120 valence electrons. The van der Waals surface area contributed by atoms with Gasteiger partial charge in [0.2, 0.25) is 5.96 Å². The van der Waals surface area contributed by atoms with Crippen LogP contribution < -0.4 is 10.5 Å². The molecule has 0 saturated heterocycles. The van der Waals surface area contributed by atoms with Crippen LogP contribution in [0.3, 0.4) is 0 Å². The highest BCUT2D eigenvalue weighted by Gasteiger charge is 2.25. The van der Waals surface area contributed by atoms with Crippen molar-refractivity contribution in [1.29, 1.82) is 0 Å². The average molecular weight is 317 g/mol. The van der Waals surface area contributed by atoms with E-state index in [2.05, 4.69) is 40.2 Å². The Labute approximate surface area is 142 Å². The molecule has 1 aliphatic heterocycles. The van der Waals surface area contributed by atoms with E-state index in [1.54, 1.807) is 7.11 Å². The van der Waals surface area contributed by atoms with Crippen LogP contribution in [0.2, 0.25) is 0 Å². The van der Waals surface area contributed by atoms with Gasteiger partial charge in [0.1, 0.15) is 5.75 Å². The van der Waals surface area contributed by atoms with Crippen LogP contribution in [0.1, 0.15) is 22.6 Å². The zero-order valence-electron chi connectivity index (χ0n) is 13.5. The van der Waals surface area contributed by atoms with Crippen molar-refractivity contribution in [3.63, 3.8) is 0 Å². The van der Waals surface area contributed by atoms with Crippen molar-refractivity contribution in [2.24, 2.45) is 15.7 Å². The fraction of sp³-hybridized carbons (Fsp3) is 0.200. The molecule has 0 radical (unpaired) electrons. The molecule has 0 saturated carbocycles. The highest BCUT2D eigenvalue weighted by Crippen LogP contribution is 2.29. The maximum absolute atomic E-state index is 5.73. The van der Waals surface area contributed by atoms with E-state index in [1.165, 1.54) is 11.1 Å². The SMILES string of the molecule is C#Cc1ccc(CC(c2ccc(OC)cc2)C2C=NC(N)=N2)cc1. The van der Waals surface area contributed by atoms with E-state index in [9.17, 15) is 0 Å². The highest BCUT2D eigenvalue weighted by molar-refractivity contribution is 5.94. The first-order chi connectivity index (χ1) is 11.7. The Morgan fingerprint density at radius 2 is 1.88 bits per heavy atom. The van der Waals surface area contributed by atoms with Crippen molar-refractivity contribution in [3.05, 3.63) is 65.2 Å². The molecule has 4 heteroatoms. The zero-order chi connectivity index (χ0) is 16.9. The monoisotopic (exact) mass is 317 g/mol. The normalized spacial score (nSPS) is 17.2. The zero-order valence-corrected chi connectivity index (χ0v) is 13.5. The van der Waals surface area contributed by atoms with E-state index in [-0.39, 0.29) is 12.0 Å². The molecule has 1 heterocycles. The summed E-state index contributed by atoms with van der Waals surface area (Å²) in [5.74, 6) is 3.96. The number of nitrogens with zero attached hydrogens (tertiary/aromatic N) is 2. The van der Waals surface area contributed by atoms with Gasteiger partial charge in [0.05, 0.1) is 13.2 Å². The number of rotatable bonds is 5. The molecular weight excluding hydrogens is 298 g/mol. The van der Waals surface area contributed by atoms with Gasteiger partial charge in [-0.05, 0) is 41.8 Å². The Balaban J connectivity index is 1.89. The van der Waals surface area contributed by atoms with Crippen LogP contribution in [-0.4, -0.2) is 25.3 Å². The van der Waals surface area contributed by atoms with Crippen molar-refractivity contribution >= 4 is 12.2 Å². The summed E-state index contributed by atoms with van der Waals surface area (Å²) in [6.07, 6.45) is 8.07. The van der Waals surface area contributed by atoms with Gasteiger partial charge in [0.15, 0.2) is 0 Å². The molecule has 2 unspecified atom stereocenters. The molecule has 4 nitrogen and oxygen atoms in total. The second-order valence-electron chi connectivity index (χ2n) is 5.68. The van der Waals surface area contributed by atoms with Crippen molar-refractivity contribution in [2.75, 3.05) is 7.11 Å². The largest absolute Gasteiger partial charge is 0.497 e. The standard InChI is InChI=1S/C20H19N3O/c1-3-14-4-6-15(7-5-14)12-18(19-13-22-20(21)23-19)16-8-10-17(24-2)11-9-16/h1,4-11,13,18-19H,12H2,2H3,(H2,21,23). The number of nitrogens with two attached hydrogens (primary N) is 1. The molecule has 0 bridgehead atoms. The average Bonchev–Trinajstić information content (AvgIpc) is 3.06. The quantitative estimate of drug-likeness (QED) is 0.862. The Kier molecular flexibility index (Phi) is 4.62. The van der Waals surface area contributed by atoms with E-state index in [4.69, 9.17) is 16.9 Å². The Bertz CT molecular complexity index is 798. The second-order valence-corrected chi connectivity index (χ2v) is 5.68. The predicted molar refractivity (Wildman–Crippen MR) is 97.7 cm³/mol. The maximum atomic E-state index is 5.73. The number of hydrogen-bond acceptors (Lipinski definition) is 4. The third kappa shape index (κ3) is 3.47. The summed E-state index contributed by atoms with van der Waals surface area (Å²) < 4.78 is 5.24. The van der Waals surface area contributed by atoms with Crippen LogP contribution in [0.25, 0.3) is 0 Å². The fourth-order valence-corrected chi connectivity index (χ4v) is 2.84. The second kappa shape index (κ2) is 7.01. The van der Waals surface area contributed by atoms with Crippen LogP contribution in [0.4, 0.5) is 0 Å². The minimum Gasteiger partial charge on any atom is -0.497 e. The van der Waals surface area contributed by atoms with E-state index >= 15 is 0 Å². The molecule has 0 aliphatic carbocycles. The number of hydrogen-bond donors (Lipinski definition) is 1. The molecule has 0 spiro atoms.